The first kappa shape index (κ1) is 12.7. The van der Waals surface area contributed by atoms with Gasteiger partial charge in [-0.3, -0.25) is 0 Å². The highest BCUT2D eigenvalue weighted by molar-refractivity contribution is 5.53. The minimum absolute atomic E-state index is 0.102. The highest BCUT2D eigenvalue weighted by Gasteiger charge is 2.15. The van der Waals surface area contributed by atoms with Crippen LogP contribution in [0.15, 0.2) is 34.9 Å². The fraction of sp³-hybridized carbons (Fsp3) is 0.286. The Bertz CT molecular complexity index is 609. The van der Waals surface area contributed by atoms with E-state index in [9.17, 15) is 0 Å². The average molecular weight is 270 g/mol. The van der Waals surface area contributed by atoms with E-state index in [1.54, 1.807) is 0 Å². The molecule has 1 atom stereocenters. The molecule has 1 aromatic carbocycles. The molecule has 6 heteroatoms. The van der Waals surface area contributed by atoms with Crippen LogP contribution in [0, 0.1) is 11.3 Å². The normalized spacial score (nSPS) is 18.4. The van der Waals surface area contributed by atoms with Crippen LogP contribution in [0.4, 0.5) is 11.7 Å². The van der Waals surface area contributed by atoms with Gasteiger partial charge in [0.1, 0.15) is 12.3 Å². The van der Waals surface area contributed by atoms with Crippen molar-refractivity contribution in [2.24, 2.45) is 0 Å². The van der Waals surface area contributed by atoms with Gasteiger partial charge in [-0.05, 0) is 17.7 Å². The molecule has 0 amide bonds. The maximum atomic E-state index is 8.68. The van der Waals surface area contributed by atoms with E-state index in [0.717, 1.165) is 30.9 Å². The summed E-state index contributed by atoms with van der Waals surface area (Å²) in [7, 11) is 0. The Balaban J connectivity index is 1.68. The summed E-state index contributed by atoms with van der Waals surface area (Å²) >= 11 is 0. The third-order valence-electron chi connectivity index (χ3n) is 3.08. The molecule has 1 fully saturated rings. The van der Waals surface area contributed by atoms with Crippen LogP contribution in [0.1, 0.15) is 17.4 Å². The van der Waals surface area contributed by atoms with Crippen LogP contribution in [0.25, 0.3) is 0 Å². The van der Waals surface area contributed by atoms with Gasteiger partial charge in [0.05, 0.1) is 12.7 Å². The predicted molar refractivity (Wildman–Crippen MR) is 72.5 cm³/mol. The Hall–Kier alpha value is -2.36. The topological polar surface area (TPSA) is 83.1 Å². The molecule has 2 aromatic rings. The van der Waals surface area contributed by atoms with Crippen molar-refractivity contribution in [1.29, 1.82) is 5.26 Å². The lowest BCUT2D eigenvalue weighted by Gasteiger charge is -2.24. The molecular formula is C14H14N4O2. The smallest absolute Gasteiger partial charge is 0.300 e. The maximum Gasteiger partial charge on any atom is 0.300 e. The van der Waals surface area contributed by atoms with Gasteiger partial charge in [-0.15, -0.1) is 0 Å². The van der Waals surface area contributed by atoms with E-state index in [4.69, 9.17) is 14.4 Å². The van der Waals surface area contributed by atoms with E-state index in [1.807, 2.05) is 30.3 Å². The number of oxazole rings is 1. The van der Waals surface area contributed by atoms with Crippen molar-refractivity contribution in [3.63, 3.8) is 0 Å². The molecule has 1 aliphatic heterocycles. The quantitative estimate of drug-likeness (QED) is 0.887. The molecule has 1 aromatic heterocycles. The van der Waals surface area contributed by atoms with E-state index < -0.39 is 0 Å². The van der Waals surface area contributed by atoms with E-state index >= 15 is 0 Å². The zero-order valence-electron chi connectivity index (χ0n) is 10.8. The van der Waals surface area contributed by atoms with Gasteiger partial charge >= 0.3 is 0 Å². The van der Waals surface area contributed by atoms with Crippen LogP contribution in [0.3, 0.4) is 0 Å². The molecule has 0 radical (unpaired) electrons. The molecule has 0 saturated carbocycles. The monoisotopic (exact) mass is 270 g/mol. The van der Waals surface area contributed by atoms with Gasteiger partial charge in [0, 0.05) is 18.8 Å². The van der Waals surface area contributed by atoms with Crippen LogP contribution in [0.2, 0.25) is 0 Å². The summed E-state index contributed by atoms with van der Waals surface area (Å²) in [5.74, 6) is 0. The minimum atomic E-state index is 0.102. The Labute approximate surface area is 116 Å². The molecule has 6 nitrogen and oxygen atoms in total. The van der Waals surface area contributed by atoms with Crippen LogP contribution in [-0.4, -0.2) is 24.7 Å². The molecule has 0 aliphatic carbocycles. The summed E-state index contributed by atoms with van der Waals surface area (Å²) in [6.07, 6.45) is 1.42. The van der Waals surface area contributed by atoms with Crippen LogP contribution >= 0.6 is 0 Å². The number of hydrogen-bond donors (Lipinski definition) is 2. The number of morpholine rings is 1. The number of nitriles is 1. The van der Waals surface area contributed by atoms with Crippen molar-refractivity contribution < 1.29 is 9.15 Å². The number of aromatic nitrogens is 1. The molecule has 2 N–H and O–H groups in total. The molecule has 102 valence electrons. The predicted octanol–water partition coefficient (Wildman–Crippen LogP) is 1.95. The third kappa shape index (κ3) is 2.79. The van der Waals surface area contributed by atoms with E-state index in [2.05, 4.69) is 15.6 Å². The fourth-order valence-electron chi connectivity index (χ4n) is 2.07. The van der Waals surface area contributed by atoms with Crippen LogP contribution < -0.4 is 10.6 Å². The first-order valence-corrected chi connectivity index (χ1v) is 6.40. The molecule has 3 rings (SSSR count). The van der Waals surface area contributed by atoms with Crippen molar-refractivity contribution in [3.05, 3.63) is 41.8 Å². The summed E-state index contributed by atoms with van der Waals surface area (Å²) in [6, 6.07) is 10.1. The standard InChI is InChI=1S/C14H14N4O2/c15-7-12-9-20-14(18-12)17-11-3-1-10(2-4-11)13-8-16-5-6-19-13/h1-4,9,13,16H,5-6,8H2,(H,17,18). The van der Waals surface area contributed by atoms with Crippen molar-refractivity contribution in [2.75, 3.05) is 25.0 Å². The van der Waals surface area contributed by atoms with Crippen molar-refractivity contribution in [1.82, 2.24) is 10.3 Å². The van der Waals surface area contributed by atoms with E-state index in [0.29, 0.717) is 6.01 Å². The summed E-state index contributed by atoms with van der Waals surface area (Å²) < 4.78 is 10.8. The molecule has 20 heavy (non-hydrogen) atoms. The summed E-state index contributed by atoms with van der Waals surface area (Å²) in [4.78, 5) is 3.96. The van der Waals surface area contributed by atoms with Gasteiger partial charge in [-0.25, -0.2) is 0 Å². The van der Waals surface area contributed by atoms with Gasteiger partial charge in [-0.1, -0.05) is 12.1 Å². The second kappa shape index (κ2) is 5.74. The lowest BCUT2D eigenvalue weighted by Crippen LogP contribution is -2.33. The second-order valence-electron chi connectivity index (χ2n) is 4.46. The third-order valence-corrected chi connectivity index (χ3v) is 3.08. The Morgan fingerprint density at radius 3 is 2.85 bits per heavy atom. The average Bonchev–Trinajstić information content (AvgIpc) is 2.97. The zero-order chi connectivity index (χ0) is 13.8. The Morgan fingerprint density at radius 2 is 2.20 bits per heavy atom. The van der Waals surface area contributed by atoms with Gasteiger partial charge in [0.2, 0.25) is 0 Å². The Morgan fingerprint density at radius 1 is 1.35 bits per heavy atom. The number of hydrogen-bond acceptors (Lipinski definition) is 6. The minimum Gasteiger partial charge on any atom is -0.430 e. The largest absolute Gasteiger partial charge is 0.430 e. The highest BCUT2D eigenvalue weighted by Crippen LogP contribution is 2.22. The first-order chi connectivity index (χ1) is 9.85. The maximum absolute atomic E-state index is 8.68. The first-order valence-electron chi connectivity index (χ1n) is 6.40. The van der Waals surface area contributed by atoms with Gasteiger partial charge in [0.15, 0.2) is 5.69 Å². The molecular weight excluding hydrogens is 256 g/mol. The number of benzene rings is 1. The van der Waals surface area contributed by atoms with Crippen molar-refractivity contribution >= 4 is 11.7 Å². The van der Waals surface area contributed by atoms with Crippen LogP contribution in [-0.2, 0) is 4.74 Å². The molecule has 0 bridgehead atoms. The lowest BCUT2D eigenvalue weighted by molar-refractivity contribution is 0.0277. The second-order valence-corrected chi connectivity index (χ2v) is 4.46. The highest BCUT2D eigenvalue weighted by atomic mass is 16.5. The fourth-order valence-corrected chi connectivity index (χ4v) is 2.07. The lowest BCUT2D eigenvalue weighted by atomic mass is 10.1. The summed E-state index contributed by atoms with van der Waals surface area (Å²) in [6.45, 7) is 2.47. The number of rotatable bonds is 3. The van der Waals surface area contributed by atoms with E-state index in [-0.39, 0.29) is 11.8 Å². The Kier molecular flexibility index (Phi) is 3.63. The SMILES string of the molecule is N#Cc1coc(Nc2ccc(C3CNCCO3)cc2)n1. The molecule has 1 unspecified atom stereocenters. The number of anilines is 2. The van der Waals surface area contributed by atoms with Crippen LogP contribution in [0.5, 0.6) is 0 Å². The summed E-state index contributed by atoms with van der Waals surface area (Å²) in [5, 5.41) is 15.0. The van der Waals surface area contributed by atoms with E-state index in [1.165, 1.54) is 6.26 Å². The number of ether oxygens (including phenoxy) is 1. The summed E-state index contributed by atoms with van der Waals surface area (Å²) in [5.41, 5.74) is 2.24. The molecule has 0 spiro atoms. The molecule has 2 heterocycles. The molecule has 1 saturated heterocycles. The van der Waals surface area contributed by atoms with Crippen molar-refractivity contribution in [3.8, 4) is 6.07 Å². The van der Waals surface area contributed by atoms with Gasteiger partial charge in [-0.2, -0.15) is 10.2 Å². The number of nitrogens with zero attached hydrogens (tertiary/aromatic N) is 2. The van der Waals surface area contributed by atoms with Gasteiger partial charge in [0.25, 0.3) is 6.01 Å². The van der Waals surface area contributed by atoms with Crippen molar-refractivity contribution in [2.45, 2.75) is 6.10 Å². The van der Waals surface area contributed by atoms with Gasteiger partial charge < -0.3 is 19.8 Å². The zero-order valence-corrected chi connectivity index (χ0v) is 10.8. The molecule has 1 aliphatic rings. The number of nitrogens with one attached hydrogen (secondary N) is 2.